The van der Waals surface area contributed by atoms with Crippen LogP contribution in [0.1, 0.15) is 50.1 Å². The maximum atomic E-state index is 6.51. The normalized spacial score (nSPS) is 13.6. The van der Waals surface area contributed by atoms with Gasteiger partial charge in [-0.3, -0.25) is 0 Å². The first kappa shape index (κ1) is 18.6. The molecule has 1 N–H and O–H groups in total. The van der Waals surface area contributed by atoms with Crippen LogP contribution in [-0.4, -0.2) is 20.6 Å². The number of rotatable bonds is 5. The van der Waals surface area contributed by atoms with Gasteiger partial charge in [-0.15, -0.1) is 0 Å². The number of anilines is 1. The topological polar surface area (TPSA) is 42.2 Å². The van der Waals surface area contributed by atoms with E-state index in [1.54, 1.807) is 6.07 Å². The largest absolute Gasteiger partial charge is 0.367 e. The maximum absolute atomic E-state index is 6.51. The van der Waals surface area contributed by atoms with E-state index in [1.807, 2.05) is 23.6 Å². The Bertz CT molecular complexity index is 1010. The van der Waals surface area contributed by atoms with Gasteiger partial charge in [-0.25, -0.2) is 4.98 Å². The molecule has 0 amide bonds. The summed E-state index contributed by atoms with van der Waals surface area (Å²) in [5.41, 5.74) is 6.19. The Morgan fingerprint density at radius 3 is 2.67 bits per heavy atom. The molecule has 0 saturated heterocycles. The van der Waals surface area contributed by atoms with Crippen molar-refractivity contribution in [2.75, 3.05) is 5.32 Å². The first-order valence-electron chi connectivity index (χ1n) is 9.66. The Morgan fingerprint density at radius 2 is 1.96 bits per heavy atom. The van der Waals surface area contributed by atoms with Crippen molar-refractivity contribution < 1.29 is 0 Å². The molecular weight excluding hydrogens is 379 g/mol. The van der Waals surface area contributed by atoms with Crippen molar-refractivity contribution in [3.63, 3.8) is 0 Å². The number of hydrogen-bond acceptors (Lipinski definition) is 3. The number of nitrogens with zero attached hydrogens (tertiary/aromatic N) is 3. The van der Waals surface area contributed by atoms with E-state index < -0.39 is 0 Å². The van der Waals surface area contributed by atoms with Gasteiger partial charge in [0.1, 0.15) is 5.82 Å². The monoisotopic (exact) mass is 402 g/mol. The Kier molecular flexibility index (Phi) is 5.04. The lowest BCUT2D eigenvalue weighted by Crippen LogP contribution is -2.21. The number of nitrogens with one attached hydrogen (secondary N) is 1. The van der Waals surface area contributed by atoms with Gasteiger partial charge in [0.15, 0.2) is 5.65 Å². The molecule has 1 aliphatic carbocycles. The fraction of sp³-hybridized carbons (Fsp3) is 0.429. The smallest absolute Gasteiger partial charge is 0.165 e. The van der Waals surface area contributed by atoms with Crippen LogP contribution in [0.2, 0.25) is 10.0 Å². The molecule has 0 atom stereocenters. The van der Waals surface area contributed by atoms with Gasteiger partial charge in [-0.1, -0.05) is 43.1 Å². The van der Waals surface area contributed by atoms with Gasteiger partial charge in [-0.05, 0) is 51.2 Å². The van der Waals surface area contributed by atoms with Crippen molar-refractivity contribution in [1.29, 1.82) is 0 Å². The quantitative estimate of drug-likeness (QED) is 0.560. The van der Waals surface area contributed by atoms with Crippen LogP contribution in [0.25, 0.3) is 16.8 Å². The fourth-order valence-electron chi connectivity index (χ4n) is 3.98. The molecule has 0 spiro atoms. The molecule has 1 aliphatic rings. The van der Waals surface area contributed by atoms with Gasteiger partial charge in [0, 0.05) is 27.9 Å². The Balaban J connectivity index is 1.97. The predicted octanol–water partition coefficient (Wildman–Crippen LogP) is 6.10. The molecule has 0 fully saturated rings. The minimum absolute atomic E-state index is 0.423. The highest BCUT2D eigenvalue weighted by Gasteiger charge is 2.25. The minimum Gasteiger partial charge on any atom is -0.367 e. The Morgan fingerprint density at radius 1 is 1.19 bits per heavy atom. The molecule has 2 aromatic heterocycles. The summed E-state index contributed by atoms with van der Waals surface area (Å²) < 4.78 is 1.98. The minimum atomic E-state index is 0.423. The zero-order chi connectivity index (χ0) is 19.1. The number of aryl methyl sites for hydroxylation is 2. The third-order valence-electron chi connectivity index (χ3n) is 5.49. The van der Waals surface area contributed by atoms with Crippen LogP contribution in [0.3, 0.4) is 0 Å². The van der Waals surface area contributed by atoms with Gasteiger partial charge >= 0.3 is 0 Å². The second kappa shape index (κ2) is 7.33. The SMILES string of the molecule is CCC(CC)Nc1c2c(nc3c(-c4ccc(Cl)cc4Cl)c(C)nn13)CCC2. The van der Waals surface area contributed by atoms with Crippen molar-refractivity contribution in [2.24, 2.45) is 0 Å². The molecule has 0 saturated carbocycles. The van der Waals surface area contributed by atoms with Gasteiger partial charge in [0.05, 0.1) is 16.3 Å². The summed E-state index contributed by atoms with van der Waals surface area (Å²) in [6.45, 7) is 6.45. The second-order valence-electron chi connectivity index (χ2n) is 7.22. The number of fused-ring (bicyclic) bond motifs is 2. The van der Waals surface area contributed by atoms with E-state index >= 15 is 0 Å². The molecule has 0 radical (unpaired) electrons. The van der Waals surface area contributed by atoms with E-state index in [9.17, 15) is 0 Å². The van der Waals surface area contributed by atoms with Crippen molar-refractivity contribution in [3.05, 3.63) is 45.2 Å². The predicted molar refractivity (Wildman–Crippen MR) is 113 cm³/mol. The summed E-state index contributed by atoms with van der Waals surface area (Å²) in [7, 11) is 0. The van der Waals surface area contributed by atoms with Crippen molar-refractivity contribution in [1.82, 2.24) is 14.6 Å². The van der Waals surface area contributed by atoms with E-state index in [2.05, 4.69) is 19.2 Å². The van der Waals surface area contributed by atoms with Crippen LogP contribution in [0, 0.1) is 6.92 Å². The summed E-state index contributed by atoms with van der Waals surface area (Å²) in [4.78, 5) is 5.00. The maximum Gasteiger partial charge on any atom is 0.165 e. The Labute approximate surface area is 169 Å². The zero-order valence-corrected chi connectivity index (χ0v) is 17.5. The van der Waals surface area contributed by atoms with Crippen LogP contribution in [0.15, 0.2) is 18.2 Å². The number of hydrogen-bond donors (Lipinski definition) is 1. The molecule has 0 unspecified atom stereocenters. The van der Waals surface area contributed by atoms with E-state index in [-0.39, 0.29) is 0 Å². The summed E-state index contributed by atoms with van der Waals surface area (Å²) in [5, 5.41) is 9.85. The van der Waals surface area contributed by atoms with Crippen LogP contribution in [0.4, 0.5) is 5.82 Å². The van der Waals surface area contributed by atoms with Crippen molar-refractivity contribution in [2.45, 2.75) is 58.9 Å². The highest BCUT2D eigenvalue weighted by atomic mass is 35.5. The summed E-state index contributed by atoms with van der Waals surface area (Å²) in [5.74, 6) is 1.10. The third kappa shape index (κ3) is 3.19. The average molecular weight is 403 g/mol. The molecule has 142 valence electrons. The number of benzene rings is 1. The molecule has 1 aromatic carbocycles. The standard InChI is InChI=1S/C21H24Cl2N4/c1-4-14(5-2)24-20-16-7-6-8-18(16)25-21-19(12(3)26-27(20)21)15-10-9-13(22)11-17(15)23/h9-11,14,24H,4-8H2,1-3H3. The lowest BCUT2D eigenvalue weighted by molar-refractivity contribution is 0.661. The number of halogens is 2. The summed E-state index contributed by atoms with van der Waals surface area (Å²) >= 11 is 12.6. The third-order valence-corrected chi connectivity index (χ3v) is 6.04. The summed E-state index contributed by atoms with van der Waals surface area (Å²) in [6, 6.07) is 6.02. The highest BCUT2D eigenvalue weighted by molar-refractivity contribution is 6.36. The van der Waals surface area contributed by atoms with Crippen LogP contribution in [0.5, 0.6) is 0 Å². The molecule has 0 aliphatic heterocycles. The van der Waals surface area contributed by atoms with Crippen LogP contribution >= 0.6 is 23.2 Å². The zero-order valence-electron chi connectivity index (χ0n) is 15.9. The van der Waals surface area contributed by atoms with Crippen molar-refractivity contribution >= 4 is 34.7 Å². The second-order valence-corrected chi connectivity index (χ2v) is 8.06. The van der Waals surface area contributed by atoms with E-state index in [0.717, 1.165) is 60.4 Å². The molecule has 0 bridgehead atoms. The fourth-order valence-corrected chi connectivity index (χ4v) is 4.48. The summed E-state index contributed by atoms with van der Waals surface area (Å²) in [6.07, 6.45) is 5.36. The van der Waals surface area contributed by atoms with Crippen LogP contribution in [-0.2, 0) is 12.8 Å². The first-order valence-corrected chi connectivity index (χ1v) is 10.4. The van der Waals surface area contributed by atoms with Crippen molar-refractivity contribution in [3.8, 4) is 11.1 Å². The Hall–Kier alpha value is -1.78. The van der Waals surface area contributed by atoms with E-state index in [4.69, 9.17) is 33.3 Å². The average Bonchev–Trinajstić information content (AvgIpc) is 3.23. The first-order chi connectivity index (χ1) is 13.0. The molecule has 2 heterocycles. The molecule has 4 rings (SSSR count). The van der Waals surface area contributed by atoms with E-state index in [0.29, 0.717) is 16.1 Å². The van der Waals surface area contributed by atoms with Gasteiger partial charge in [0.2, 0.25) is 0 Å². The molecule has 3 aromatic rings. The molecule has 4 nitrogen and oxygen atoms in total. The van der Waals surface area contributed by atoms with Gasteiger partial charge in [-0.2, -0.15) is 9.61 Å². The van der Waals surface area contributed by atoms with Gasteiger partial charge < -0.3 is 5.32 Å². The lowest BCUT2D eigenvalue weighted by atomic mass is 10.1. The van der Waals surface area contributed by atoms with E-state index in [1.165, 1.54) is 11.3 Å². The molecule has 27 heavy (non-hydrogen) atoms. The molecule has 6 heteroatoms. The van der Waals surface area contributed by atoms with Crippen LogP contribution < -0.4 is 5.32 Å². The highest BCUT2D eigenvalue weighted by Crippen LogP contribution is 2.38. The molecular formula is C21H24Cl2N4. The van der Waals surface area contributed by atoms with Gasteiger partial charge in [0.25, 0.3) is 0 Å². The number of aromatic nitrogens is 3. The lowest BCUT2D eigenvalue weighted by Gasteiger charge is -2.19.